The smallest absolute Gasteiger partial charge is 0.339 e. The molecule has 1 atom stereocenters. The second-order valence-electron chi connectivity index (χ2n) is 8.11. The molecule has 0 radical (unpaired) electrons. The molecule has 0 saturated carbocycles. The summed E-state index contributed by atoms with van der Waals surface area (Å²) < 4.78 is 19.3. The molecule has 35 heavy (non-hydrogen) atoms. The number of methoxy groups -OCH3 is 1. The van der Waals surface area contributed by atoms with Gasteiger partial charge < -0.3 is 15.4 Å². The molecule has 3 aromatic heterocycles. The molecule has 3 heterocycles. The highest BCUT2D eigenvalue weighted by molar-refractivity contribution is 5.98. The fraction of sp³-hybridized carbons (Fsp3) is 0.192. The summed E-state index contributed by atoms with van der Waals surface area (Å²) >= 11 is 0. The molecule has 1 unspecified atom stereocenters. The summed E-state index contributed by atoms with van der Waals surface area (Å²) in [6.45, 7) is 3.62. The molecule has 178 valence electrons. The number of hydrogen-bond donors (Lipinski definition) is 1. The molecular formula is C26H24FN5O3. The molecule has 0 spiro atoms. The van der Waals surface area contributed by atoms with Crippen LogP contribution in [-0.4, -0.2) is 38.8 Å². The van der Waals surface area contributed by atoms with Gasteiger partial charge in [-0.3, -0.25) is 14.8 Å². The van der Waals surface area contributed by atoms with E-state index in [0.29, 0.717) is 22.6 Å². The van der Waals surface area contributed by atoms with Crippen LogP contribution in [0, 0.1) is 12.7 Å². The molecule has 4 aromatic rings. The minimum atomic E-state index is -0.701. The second-order valence-corrected chi connectivity index (χ2v) is 8.11. The Hall–Kier alpha value is -4.40. The molecule has 0 aliphatic carbocycles. The van der Waals surface area contributed by atoms with Gasteiger partial charge in [0.25, 0.3) is 5.91 Å². The quantitative estimate of drug-likeness (QED) is 0.417. The lowest BCUT2D eigenvalue weighted by molar-refractivity contribution is 0.0598. The maximum absolute atomic E-state index is 14.6. The Morgan fingerprint density at radius 2 is 1.89 bits per heavy atom. The zero-order valence-electron chi connectivity index (χ0n) is 19.5. The molecule has 0 bridgehead atoms. The van der Waals surface area contributed by atoms with Crippen molar-refractivity contribution in [3.8, 4) is 0 Å². The number of carbonyl (C=O) groups is 2. The monoisotopic (exact) mass is 473 g/mol. The lowest BCUT2D eigenvalue weighted by atomic mass is 10.1. The van der Waals surface area contributed by atoms with E-state index in [0.717, 1.165) is 10.9 Å². The summed E-state index contributed by atoms with van der Waals surface area (Å²) in [6.07, 6.45) is 2.86. The minimum Gasteiger partial charge on any atom is -0.465 e. The first kappa shape index (κ1) is 23.7. The Balaban J connectivity index is 1.72. The first-order valence-electron chi connectivity index (χ1n) is 10.9. The van der Waals surface area contributed by atoms with E-state index in [1.807, 2.05) is 13.0 Å². The van der Waals surface area contributed by atoms with Crippen molar-refractivity contribution in [3.05, 3.63) is 94.8 Å². The van der Waals surface area contributed by atoms with E-state index in [-0.39, 0.29) is 23.7 Å². The summed E-state index contributed by atoms with van der Waals surface area (Å²) in [5, 5.41) is 0.764. The van der Waals surface area contributed by atoms with Gasteiger partial charge in [0.15, 0.2) is 0 Å². The van der Waals surface area contributed by atoms with Crippen LogP contribution in [0.2, 0.25) is 0 Å². The molecule has 9 heteroatoms. The number of aromatic nitrogens is 3. The van der Waals surface area contributed by atoms with Gasteiger partial charge in [-0.05, 0) is 67.9 Å². The third-order valence-electron chi connectivity index (χ3n) is 5.78. The number of anilines is 1. The van der Waals surface area contributed by atoms with Crippen molar-refractivity contribution < 1.29 is 18.7 Å². The molecule has 4 rings (SSSR count). The zero-order chi connectivity index (χ0) is 25.1. The highest BCUT2D eigenvalue weighted by Gasteiger charge is 2.27. The van der Waals surface area contributed by atoms with E-state index < -0.39 is 17.8 Å². The Kier molecular flexibility index (Phi) is 6.68. The molecule has 1 aromatic carbocycles. The number of nitrogens with two attached hydrogens (primary N) is 1. The van der Waals surface area contributed by atoms with Crippen molar-refractivity contribution in [1.29, 1.82) is 0 Å². The Morgan fingerprint density at radius 1 is 1.11 bits per heavy atom. The number of pyridine rings is 3. The summed E-state index contributed by atoms with van der Waals surface area (Å²) in [4.78, 5) is 39.8. The summed E-state index contributed by atoms with van der Waals surface area (Å²) in [7, 11) is 1.29. The van der Waals surface area contributed by atoms with Gasteiger partial charge >= 0.3 is 5.97 Å². The van der Waals surface area contributed by atoms with Crippen LogP contribution < -0.4 is 5.73 Å². The normalized spacial score (nSPS) is 11.8. The molecule has 8 nitrogen and oxygen atoms in total. The summed E-state index contributed by atoms with van der Waals surface area (Å²) in [5.74, 6) is -0.932. The van der Waals surface area contributed by atoms with Crippen LogP contribution in [-0.2, 0) is 11.3 Å². The third-order valence-corrected chi connectivity index (χ3v) is 5.78. The lowest BCUT2D eigenvalue weighted by Gasteiger charge is -2.29. The van der Waals surface area contributed by atoms with Crippen LogP contribution in [0.25, 0.3) is 10.9 Å². The molecular weight excluding hydrogens is 449 g/mol. The number of rotatable bonds is 6. The van der Waals surface area contributed by atoms with E-state index >= 15 is 0 Å². The first-order chi connectivity index (χ1) is 16.8. The molecule has 0 fully saturated rings. The Labute approximate surface area is 201 Å². The van der Waals surface area contributed by atoms with E-state index in [1.54, 1.807) is 37.3 Å². The number of benzene rings is 1. The number of hydrogen-bond acceptors (Lipinski definition) is 7. The van der Waals surface area contributed by atoms with Gasteiger partial charge in [-0.15, -0.1) is 0 Å². The third kappa shape index (κ3) is 4.93. The number of aryl methyl sites for hydroxylation is 1. The predicted molar refractivity (Wildman–Crippen MR) is 129 cm³/mol. The zero-order valence-corrected chi connectivity index (χ0v) is 19.5. The Bertz CT molecular complexity index is 1410. The van der Waals surface area contributed by atoms with Crippen LogP contribution in [0.5, 0.6) is 0 Å². The molecule has 0 aliphatic heterocycles. The van der Waals surface area contributed by atoms with Gasteiger partial charge in [0.2, 0.25) is 0 Å². The lowest BCUT2D eigenvalue weighted by Crippen LogP contribution is -2.34. The van der Waals surface area contributed by atoms with Gasteiger partial charge in [-0.25, -0.2) is 14.2 Å². The highest BCUT2D eigenvalue weighted by atomic mass is 19.1. The van der Waals surface area contributed by atoms with Crippen LogP contribution >= 0.6 is 0 Å². The van der Waals surface area contributed by atoms with Crippen molar-refractivity contribution in [2.24, 2.45) is 0 Å². The van der Waals surface area contributed by atoms with Crippen LogP contribution in [0.15, 0.2) is 60.9 Å². The van der Waals surface area contributed by atoms with Crippen LogP contribution in [0.4, 0.5) is 10.2 Å². The van der Waals surface area contributed by atoms with Crippen LogP contribution in [0.1, 0.15) is 50.6 Å². The van der Waals surface area contributed by atoms with E-state index in [4.69, 9.17) is 10.5 Å². The number of halogens is 1. The number of carbonyl (C=O) groups excluding carboxylic acids is 2. The Morgan fingerprint density at radius 3 is 2.57 bits per heavy atom. The fourth-order valence-electron chi connectivity index (χ4n) is 3.76. The van der Waals surface area contributed by atoms with Crippen molar-refractivity contribution in [3.63, 3.8) is 0 Å². The SMILES string of the molecule is COC(=O)c1ccc(CN(C(=O)c2ccc3nc(N)c(C)cc3c2)C(C)c2ncccc2F)nc1. The number of fused-ring (bicyclic) bond motifs is 1. The molecule has 2 N–H and O–H groups in total. The second kappa shape index (κ2) is 9.84. The average Bonchev–Trinajstić information content (AvgIpc) is 2.87. The number of amides is 1. The minimum absolute atomic E-state index is 0.0640. The number of nitrogen functional groups attached to an aromatic ring is 1. The molecule has 1 amide bonds. The van der Waals surface area contributed by atoms with E-state index in [2.05, 4.69) is 15.0 Å². The molecule has 0 aliphatic rings. The topological polar surface area (TPSA) is 111 Å². The van der Waals surface area contributed by atoms with Gasteiger partial charge in [0, 0.05) is 23.3 Å². The van der Waals surface area contributed by atoms with E-state index in [1.165, 1.54) is 36.5 Å². The van der Waals surface area contributed by atoms with Crippen LogP contribution in [0.3, 0.4) is 0 Å². The first-order valence-corrected chi connectivity index (χ1v) is 10.9. The number of ether oxygens (including phenoxy) is 1. The standard InChI is InChI=1S/C26H24FN5O3/c1-15-11-19-12-17(7-9-22(19)31-24(15)28)25(33)32(16(2)23-21(27)5-4-10-29-23)14-20-8-6-18(13-30-20)26(34)35-3/h4-13,16H,14H2,1-3H3,(H2,28,31). The van der Waals surface area contributed by atoms with Crippen molar-refractivity contribution in [2.45, 2.75) is 26.4 Å². The number of esters is 1. The van der Waals surface area contributed by atoms with E-state index in [9.17, 15) is 14.0 Å². The van der Waals surface area contributed by atoms with Gasteiger partial charge in [-0.1, -0.05) is 0 Å². The van der Waals surface area contributed by atoms with Gasteiger partial charge in [-0.2, -0.15) is 0 Å². The summed E-state index contributed by atoms with van der Waals surface area (Å²) in [6, 6.07) is 12.3. The number of nitrogens with zero attached hydrogens (tertiary/aromatic N) is 4. The highest BCUT2D eigenvalue weighted by Crippen LogP contribution is 2.27. The van der Waals surface area contributed by atoms with Gasteiger partial charge in [0.05, 0.1) is 42.2 Å². The summed E-state index contributed by atoms with van der Waals surface area (Å²) in [5.41, 5.74) is 8.72. The maximum atomic E-state index is 14.6. The fourth-order valence-corrected chi connectivity index (χ4v) is 3.76. The predicted octanol–water partition coefficient (Wildman–Crippen LogP) is 4.24. The largest absolute Gasteiger partial charge is 0.465 e. The van der Waals surface area contributed by atoms with Crippen molar-refractivity contribution in [1.82, 2.24) is 19.9 Å². The molecule has 0 saturated heterocycles. The average molecular weight is 474 g/mol. The van der Waals surface area contributed by atoms with Crippen molar-refractivity contribution >= 4 is 28.6 Å². The van der Waals surface area contributed by atoms with Crippen molar-refractivity contribution in [2.75, 3.05) is 12.8 Å². The maximum Gasteiger partial charge on any atom is 0.339 e. The van der Waals surface area contributed by atoms with Gasteiger partial charge in [0.1, 0.15) is 11.6 Å².